The summed E-state index contributed by atoms with van der Waals surface area (Å²) in [4.78, 5) is 10.2. The highest BCUT2D eigenvalue weighted by atomic mass is 19.1. The van der Waals surface area contributed by atoms with Crippen molar-refractivity contribution in [2.75, 3.05) is 33.4 Å². The maximum atomic E-state index is 12.8. The Morgan fingerprint density at radius 3 is 2.62 bits per heavy atom. The maximum absolute atomic E-state index is 12.8. The minimum absolute atomic E-state index is 0.191. The molecule has 0 atom stereocenters. The lowest BCUT2D eigenvalue weighted by Gasteiger charge is -2.28. The molecule has 1 aliphatic heterocycles. The van der Waals surface area contributed by atoms with E-state index >= 15 is 0 Å². The van der Waals surface area contributed by atoms with E-state index in [2.05, 4.69) is 21.5 Å². The van der Waals surface area contributed by atoms with E-state index in [1.807, 2.05) is 0 Å². The summed E-state index contributed by atoms with van der Waals surface area (Å²) in [5.41, 5.74) is 0.780. The van der Waals surface area contributed by atoms with Gasteiger partial charge in [0.2, 0.25) is 0 Å². The summed E-state index contributed by atoms with van der Waals surface area (Å²) in [6.07, 6.45) is 1.61. The van der Waals surface area contributed by atoms with E-state index in [1.165, 1.54) is 24.3 Å². The van der Waals surface area contributed by atoms with Crippen LogP contribution < -0.4 is 4.74 Å². The van der Waals surface area contributed by atoms with E-state index < -0.39 is 0 Å². The van der Waals surface area contributed by atoms with Crippen LogP contribution in [0.25, 0.3) is 0 Å². The number of nitrogens with zero attached hydrogens (tertiary/aromatic N) is 3. The SMILES string of the molecule is C=C(C=NC(=NC)Oc1ccc(F)cc1)N1CCOCC1. The van der Waals surface area contributed by atoms with Crippen LogP contribution in [-0.2, 0) is 4.74 Å². The van der Waals surface area contributed by atoms with Crippen LogP contribution in [0.1, 0.15) is 0 Å². The van der Waals surface area contributed by atoms with Crippen molar-refractivity contribution in [1.29, 1.82) is 0 Å². The first-order valence-corrected chi connectivity index (χ1v) is 6.65. The number of amidine groups is 1. The Morgan fingerprint density at radius 2 is 2.00 bits per heavy atom. The topological polar surface area (TPSA) is 46.4 Å². The van der Waals surface area contributed by atoms with Gasteiger partial charge in [-0.15, -0.1) is 0 Å². The molecule has 1 aromatic rings. The summed E-state index contributed by atoms with van der Waals surface area (Å²) in [7, 11) is 1.58. The Morgan fingerprint density at radius 1 is 1.33 bits per heavy atom. The zero-order valence-electron chi connectivity index (χ0n) is 12.0. The van der Waals surface area contributed by atoms with Gasteiger partial charge < -0.3 is 14.4 Å². The first-order chi connectivity index (χ1) is 10.2. The molecule has 0 spiro atoms. The van der Waals surface area contributed by atoms with Gasteiger partial charge in [0.25, 0.3) is 0 Å². The van der Waals surface area contributed by atoms with Gasteiger partial charge in [0, 0.05) is 25.8 Å². The number of rotatable bonds is 3. The van der Waals surface area contributed by atoms with Gasteiger partial charge in [0.1, 0.15) is 11.6 Å². The highest BCUT2D eigenvalue weighted by Crippen LogP contribution is 2.12. The molecule has 1 heterocycles. The third-order valence-corrected chi connectivity index (χ3v) is 2.96. The number of halogens is 1. The molecule has 1 aromatic carbocycles. The van der Waals surface area contributed by atoms with Gasteiger partial charge in [0.15, 0.2) is 0 Å². The van der Waals surface area contributed by atoms with Crippen LogP contribution in [0.3, 0.4) is 0 Å². The standard InChI is InChI=1S/C15H18FN3O2/c1-12(19-7-9-20-10-8-19)11-18-15(17-2)21-14-5-3-13(16)4-6-14/h3-6,11H,1,7-10H2,2H3. The Hall–Kier alpha value is -2.21. The van der Waals surface area contributed by atoms with E-state index in [9.17, 15) is 4.39 Å². The average Bonchev–Trinajstić information content (AvgIpc) is 2.53. The summed E-state index contributed by atoms with van der Waals surface area (Å²) in [5.74, 6) is 0.160. The van der Waals surface area contributed by atoms with Crippen molar-refractivity contribution in [2.24, 2.45) is 9.98 Å². The summed E-state index contributed by atoms with van der Waals surface area (Å²) in [6.45, 7) is 6.93. The average molecular weight is 291 g/mol. The summed E-state index contributed by atoms with van der Waals surface area (Å²) >= 11 is 0. The third-order valence-electron chi connectivity index (χ3n) is 2.96. The number of aliphatic imine (C=N–C) groups is 2. The van der Waals surface area contributed by atoms with Crippen LogP contribution in [0, 0.1) is 5.82 Å². The molecular formula is C15H18FN3O2. The molecule has 6 heteroatoms. The highest BCUT2D eigenvalue weighted by molar-refractivity contribution is 5.90. The predicted octanol–water partition coefficient (Wildman–Crippen LogP) is 2.11. The fourth-order valence-corrected chi connectivity index (χ4v) is 1.80. The number of hydrogen-bond donors (Lipinski definition) is 0. The lowest BCUT2D eigenvalue weighted by Crippen LogP contribution is -2.35. The normalized spacial score (nSPS) is 16.3. The second kappa shape index (κ2) is 7.54. The lowest BCUT2D eigenvalue weighted by molar-refractivity contribution is 0.0569. The fraction of sp³-hybridized carbons (Fsp3) is 0.333. The molecule has 5 nitrogen and oxygen atoms in total. The van der Waals surface area contributed by atoms with Crippen LogP contribution in [0.2, 0.25) is 0 Å². The van der Waals surface area contributed by atoms with Gasteiger partial charge >= 0.3 is 6.02 Å². The van der Waals surface area contributed by atoms with E-state index in [1.54, 1.807) is 13.3 Å². The van der Waals surface area contributed by atoms with Crippen LogP contribution in [-0.4, -0.2) is 50.5 Å². The van der Waals surface area contributed by atoms with E-state index in [4.69, 9.17) is 9.47 Å². The van der Waals surface area contributed by atoms with Gasteiger partial charge in [-0.25, -0.2) is 14.4 Å². The monoisotopic (exact) mass is 291 g/mol. The second-order valence-electron chi connectivity index (χ2n) is 4.41. The Bertz CT molecular complexity index is 534. The van der Waals surface area contributed by atoms with Gasteiger partial charge in [-0.2, -0.15) is 0 Å². The molecule has 0 saturated carbocycles. The van der Waals surface area contributed by atoms with Gasteiger partial charge in [-0.1, -0.05) is 6.58 Å². The Labute approximate surface area is 123 Å². The van der Waals surface area contributed by atoms with Gasteiger partial charge in [-0.05, 0) is 24.3 Å². The molecule has 1 fully saturated rings. The molecule has 0 bridgehead atoms. The van der Waals surface area contributed by atoms with Crippen molar-refractivity contribution in [3.05, 3.63) is 42.4 Å². The van der Waals surface area contributed by atoms with Gasteiger partial charge in [-0.3, -0.25) is 0 Å². The van der Waals surface area contributed by atoms with Crippen molar-refractivity contribution in [1.82, 2.24) is 4.90 Å². The number of hydrogen-bond acceptors (Lipinski definition) is 4. The minimum Gasteiger partial charge on any atom is -0.425 e. The summed E-state index contributed by atoms with van der Waals surface area (Å²) in [6, 6.07) is 5.87. The van der Waals surface area contributed by atoms with Crippen molar-refractivity contribution in [3.63, 3.8) is 0 Å². The lowest BCUT2D eigenvalue weighted by atomic mass is 10.3. The number of morpholine rings is 1. The van der Waals surface area contributed by atoms with Crippen LogP contribution in [0.15, 0.2) is 46.5 Å². The van der Waals surface area contributed by atoms with E-state index in [-0.39, 0.29) is 11.8 Å². The Balaban J connectivity index is 1.93. The second-order valence-corrected chi connectivity index (χ2v) is 4.41. The molecule has 0 radical (unpaired) electrons. The summed E-state index contributed by atoms with van der Waals surface area (Å²) in [5, 5.41) is 0. The molecule has 0 unspecified atom stereocenters. The minimum atomic E-state index is -0.318. The smallest absolute Gasteiger partial charge is 0.316 e. The largest absolute Gasteiger partial charge is 0.425 e. The maximum Gasteiger partial charge on any atom is 0.316 e. The van der Waals surface area contributed by atoms with Crippen molar-refractivity contribution in [3.8, 4) is 5.75 Å². The Kier molecular flexibility index (Phi) is 5.45. The fourth-order valence-electron chi connectivity index (χ4n) is 1.80. The van der Waals surface area contributed by atoms with Crippen LogP contribution >= 0.6 is 0 Å². The van der Waals surface area contributed by atoms with Crippen molar-refractivity contribution in [2.45, 2.75) is 0 Å². The molecule has 112 valence electrons. The molecule has 0 aliphatic carbocycles. The summed E-state index contributed by atoms with van der Waals surface area (Å²) < 4.78 is 23.6. The zero-order valence-corrected chi connectivity index (χ0v) is 12.0. The molecule has 1 aliphatic rings. The molecule has 1 saturated heterocycles. The quantitative estimate of drug-likeness (QED) is 0.633. The first kappa shape index (κ1) is 15.2. The third kappa shape index (κ3) is 4.68. The predicted molar refractivity (Wildman–Crippen MR) is 80.4 cm³/mol. The molecule has 0 N–H and O–H groups in total. The molecule has 21 heavy (non-hydrogen) atoms. The van der Waals surface area contributed by atoms with E-state index in [0.29, 0.717) is 19.0 Å². The zero-order chi connectivity index (χ0) is 15.1. The molecule has 0 aromatic heterocycles. The van der Waals surface area contributed by atoms with E-state index in [0.717, 1.165) is 18.8 Å². The number of ether oxygens (including phenoxy) is 2. The number of allylic oxidation sites excluding steroid dienone is 1. The van der Waals surface area contributed by atoms with Gasteiger partial charge in [0.05, 0.1) is 19.4 Å². The molecule has 0 amide bonds. The molecular weight excluding hydrogens is 273 g/mol. The highest BCUT2D eigenvalue weighted by Gasteiger charge is 2.10. The van der Waals surface area contributed by atoms with Crippen LogP contribution in [0.4, 0.5) is 4.39 Å². The number of benzene rings is 1. The van der Waals surface area contributed by atoms with Crippen molar-refractivity contribution >= 4 is 12.2 Å². The molecule has 2 rings (SSSR count). The van der Waals surface area contributed by atoms with Crippen LogP contribution in [0.5, 0.6) is 5.75 Å². The van der Waals surface area contributed by atoms with Crippen molar-refractivity contribution < 1.29 is 13.9 Å². The first-order valence-electron chi connectivity index (χ1n) is 6.65.